The first kappa shape index (κ1) is 19.3. The van der Waals surface area contributed by atoms with Gasteiger partial charge in [0.1, 0.15) is 5.75 Å². The molecular formula is C18H24IN3O. The predicted molar refractivity (Wildman–Crippen MR) is 106 cm³/mol. The van der Waals surface area contributed by atoms with Gasteiger partial charge in [-0.1, -0.05) is 49.4 Å². The number of aliphatic imine (C=N–C) groups is 1. The summed E-state index contributed by atoms with van der Waals surface area (Å²) in [5, 5.41) is 3.12. The molecule has 0 aliphatic carbocycles. The average Bonchev–Trinajstić information content (AvgIpc) is 2.58. The standard InChI is InChI=1S/C18H23N3O.HI/c1-2-12-22-17-10-8-16(9-11-17)14-21-18(19)20-13-15-6-4-3-5-7-15;/h3-11H,2,12-14H2,1H3,(H3,19,20,21);1H. The molecule has 0 fully saturated rings. The summed E-state index contributed by atoms with van der Waals surface area (Å²) in [4.78, 5) is 4.33. The molecule has 5 heteroatoms. The Balaban J connectivity index is 0.00000264. The lowest BCUT2D eigenvalue weighted by atomic mass is 10.2. The van der Waals surface area contributed by atoms with Crippen LogP contribution < -0.4 is 15.8 Å². The van der Waals surface area contributed by atoms with E-state index in [-0.39, 0.29) is 24.0 Å². The van der Waals surface area contributed by atoms with Crippen LogP contribution >= 0.6 is 24.0 Å². The lowest BCUT2D eigenvalue weighted by Gasteiger charge is -2.08. The highest BCUT2D eigenvalue weighted by molar-refractivity contribution is 14.0. The number of guanidine groups is 1. The number of nitrogens with two attached hydrogens (primary N) is 1. The number of ether oxygens (including phenoxy) is 1. The molecule has 23 heavy (non-hydrogen) atoms. The summed E-state index contributed by atoms with van der Waals surface area (Å²) < 4.78 is 5.55. The molecule has 0 unspecified atom stereocenters. The van der Waals surface area contributed by atoms with Gasteiger partial charge in [0.25, 0.3) is 0 Å². The van der Waals surface area contributed by atoms with Gasteiger partial charge in [0.15, 0.2) is 5.96 Å². The van der Waals surface area contributed by atoms with Gasteiger partial charge in [-0.25, -0.2) is 4.99 Å². The Kier molecular flexibility index (Phi) is 9.12. The summed E-state index contributed by atoms with van der Waals surface area (Å²) in [6.45, 7) is 4.08. The van der Waals surface area contributed by atoms with Gasteiger partial charge < -0.3 is 15.8 Å². The average molecular weight is 425 g/mol. The molecule has 0 aliphatic heterocycles. The SMILES string of the molecule is CCCOc1ccc(CNC(N)=NCc2ccccc2)cc1.I. The Labute approximate surface area is 155 Å². The maximum atomic E-state index is 5.88. The topological polar surface area (TPSA) is 59.6 Å². The zero-order chi connectivity index (χ0) is 15.6. The van der Waals surface area contributed by atoms with Gasteiger partial charge in [-0.2, -0.15) is 0 Å². The lowest BCUT2D eigenvalue weighted by Crippen LogP contribution is -2.31. The molecule has 0 atom stereocenters. The molecule has 0 aromatic heterocycles. The molecule has 124 valence electrons. The van der Waals surface area contributed by atoms with Gasteiger partial charge in [-0.3, -0.25) is 0 Å². The number of rotatable bonds is 7. The van der Waals surface area contributed by atoms with Crippen LogP contribution in [0.25, 0.3) is 0 Å². The van der Waals surface area contributed by atoms with Crippen LogP contribution in [0.1, 0.15) is 24.5 Å². The molecule has 0 saturated carbocycles. The van der Waals surface area contributed by atoms with Crippen molar-refractivity contribution in [1.82, 2.24) is 5.32 Å². The normalized spacial score (nSPS) is 10.7. The minimum Gasteiger partial charge on any atom is -0.494 e. The van der Waals surface area contributed by atoms with E-state index in [9.17, 15) is 0 Å². The molecule has 3 N–H and O–H groups in total. The Morgan fingerprint density at radius 3 is 2.39 bits per heavy atom. The first-order chi connectivity index (χ1) is 10.8. The quantitative estimate of drug-likeness (QED) is 0.404. The minimum atomic E-state index is 0. The third kappa shape index (κ3) is 7.36. The predicted octanol–water partition coefficient (Wildman–Crippen LogP) is 3.70. The molecular weight excluding hydrogens is 401 g/mol. The van der Waals surface area contributed by atoms with E-state index < -0.39 is 0 Å². The van der Waals surface area contributed by atoms with Gasteiger partial charge in [0, 0.05) is 6.54 Å². The zero-order valence-electron chi connectivity index (χ0n) is 13.4. The Morgan fingerprint density at radius 2 is 1.74 bits per heavy atom. The summed E-state index contributed by atoms with van der Waals surface area (Å²) in [6, 6.07) is 18.1. The number of hydrogen-bond acceptors (Lipinski definition) is 2. The van der Waals surface area contributed by atoms with Crippen LogP contribution in [0.3, 0.4) is 0 Å². The van der Waals surface area contributed by atoms with Crippen molar-refractivity contribution in [3.05, 3.63) is 65.7 Å². The summed E-state index contributed by atoms with van der Waals surface area (Å²) in [5.74, 6) is 1.35. The van der Waals surface area contributed by atoms with Crippen LogP contribution in [0.5, 0.6) is 5.75 Å². The number of nitrogens with zero attached hydrogens (tertiary/aromatic N) is 1. The zero-order valence-corrected chi connectivity index (χ0v) is 15.7. The van der Waals surface area contributed by atoms with E-state index in [4.69, 9.17) is 10.5 Å². The van der Waals surface area contributed by atoms with Crippen molar-refractivity contribution in [2.45, 2.75) is 26.4 Å². The van der Waals surface area contributed by atoms with Crippen molar-refractivity contribution >= 4 is 29.9 Å². The highest BCUT2D eigenvalue weighted by atomic mass is 127. The Bertz CT molecular complexity index is 585. The lowest BCUT2D eigenvalue weighted by molar-refractivity contribution is 0.317. The molecule has 0 bridgehead atoms. The highest BCUT2D eigenvalue weighted by Crippen LogP contribution is 2.12. The second kappa shape index (κ2) is 10.9. The summed E-state index contributed by atoms with van der Waals surface area (Å²) in [6.07, 6.45) is 1.01. The number of halogens is 1. The van der Waals surface area contributed by atoms with Gasteiger partial charge in [0.2, 0.25) is 0 Å². The van der Waals surface area contributed by atoms with E-state index >= 15 is 0 Å². The number of hydrogen-bond donors (Lipinski definition) is 2. The van der Waals surface area contributed by atoms with Crippen molar-refractivity contribution in [1.29, 1.82) is 0 Å². The first-order valence-corrected chi connectivity index (χ1v) is 7.57. The van der Waals surface area contributed by atoms with Gasteiger partial charge >= 0.3 is 0 Å². The van der Waals surface area contributed by atoms with E-state index in [1.165, 1.54) is 0 Å². The number of nitrogens with one attached hydrogen (secondary N) is 1. The van der Waals surface area contributed by atoms with E-state index in [1.54, 1.807) is 0 Å². The smallest absolute Gasteiger partial charge is 0.189 e. The van der Waals surface area contributed by atoms with Crippen LogP contribution in [-0.4, -0.2) is 12.6 Å². The molecule has 0 aliphatic rings. The highest BCUT2D eigenvalue weighted by Gasteiger charge is 1.97. The molecule has 2 aromatic carbocycles. The van der Waals surface area contributed by atoms with Crippen molar-refractivity contribution in [3.63, 3.8) is 0 Å². The fourth-order valence-electron chi connectivity index (χ4n) is 1.93. The van der Waals surface area contributed by atoms with Crippen molar-refractivity contribution in [3.8, 4) is 5.75 Å². The Hall–Kier alpha value is -1.76. The molecule has 0 radical (unpaired) electrons. The van der Waals surface area contributed by atoms with Crippen LogP contribution in [0.15, 0.2) is 59.6 Å². The third-order valence-electron chi connectivity index (χ3n) is 3.14. The maximum Gasteiger partial charge on any atom is 0.189 e. The van der Waals surface area contributed by atoms with E-state index in [2.05, 4.69) is 17.2 Å². The molecule has 0 saturated heterocycles. The van der Waals surface area contributed by atoms with Crippen LogP contribution in [0, 0.1) is 0 Å². The summed E-state index contributed by atoms with van der Waals surface area (Å²) >= 11 is 0. The fraction of sp³-hybridized carbons (Fsp3) is 0.278. The molecule has 2 rings (SSSR count). The van der Waals surface area contributed by atoms with Crippen LogP contribution in [-0.2, 0) is 13.1 Å². The van der Waals surface area contributed by atoms with E-state index in [0.717, 1.165) is 29.9 Å². The van der Waals surface area contributed by atoms with Crippen LogP contribution in [0.2, 0.25) is 0 Å². The Morgan fingerprint density at radius 1 is 1.04 bits per heavy atom. The monoisotopic (exact) mass is 425 g/mol. The summed E-state index contributed by atoms with van der Waals surface area (Å²) in [7, 11) is 0. The van der Waals surface area contributed by atoms with Gasteiger partial charge in [-0.15, -0.1) is 24.0 Å². The molecule has 0 amide bonds. The molecule has 0 heterocycles. The minimum absolute atomic E-state index is 0. The molecule has 4 nitrogen and oxygen atoms in total. The second-order valence-corrected chi connectivity index (χ2v) is 5.03. The maximum absolute atomic E-state index is 5.88. The van der Waals surface area contributed by atoms with Gasteiger partial charge in [-0.05, 0) is 29.7 Å². The van der Waals surface area contributed by atoms with Crippen LogP contribution in [0.4, 0.5) is 0 Å². The largest absolute Gasteiger partial charge is 0.494 e. The fourth-order valence-corrected chi connectivity index (χ4v) is 1.93. The van der Waals surface area contributed by atoms with Crippen molar-refractivity contribution in [2.24, 2.45) is 10.7 Å². The second-order valence-electron chi connectivity index (χ2n) is 5.03. The first-order valence-electron chi connectivity index (χ1n) is 7.57. The number of benzene rings is 2. The van der Waals surface area contributed by atoms with Gasteiger partial charge in [0.05, 0.1) is 13.2 Å². The van der Waals surface area contributed by atoms with Crippen molar-refractivity contribution < 1.29 is 4.74 Å². The molecule has 2 aromatic rings. The third-order valence-corrected chi connectivity index (χ3v) is 3.14. The summed E-state index contributed by atoms with van der Waals surface area (Å²) in [5.41, 5.74) is 8.16. The van der Waals surface area contributed by atoms with E-state index in [1.807, 2.05) is 54.6 Å². The van der Waals surface area contributed by atoms with E-state index in [0.29, 0.717) is 19.0 Å². The van der Waals surface area contributed by atoms with Crippen molar-refractivity contribution in [2.75, 3.05) is 6.61 Å². The molecule has 0 spiro atoms.